The van der Waals surface area contributed by atoms with Gasteiger partial charge in [-0.05, 0) is 23.3 Å². The third-order valence-electron chi connectivity index (χ3n) is 2.47. The molecule has 1 aromatic heterocycles. The van der Waals surface area contributed by atoms with Crippen LogP contribution in [0.15, 0.2) is 47.1 Å². The Morgan fingerprint density at radius 2 is 1.75 bits per heavy atom. The second kappa shape index (κ2) is 5.49. The Labute approximate surface area is 95.3 Å². The third kappa shape index (κ3) is 2.95. The average Bonchev–Trinajstić information content (AvgIpc) is 2.83. The van der Waals surface area contributed by atoms with Gasteiger partial charge in [0.1, 0.15) is 5.76 Å². The van der Waals surface area contributed by atoms with E-state index in [4.69, 9.17) is 10.2 Å². The lowest BCUT2D eigenvalue weighted by Gasteiger charge is -2.04. The summed E-state index contributed by atoms with van der Waals surface area (Å²) in [5, 5.41) is 3.32. The van der Waals surface area contributed by atoms with Gasteiger partial charge in [0.25, 0.3) is 0 Å². The number of nitrogens with one attached hydrogen (secondary N) is 1. The summed E-state index contributed by atoms with van der Waals surface area (Å²) in [6, 6.07) is 12.2. The van der Waals surface area contributed by atoms with Gasteiger partial charge in [-0.15, -0.1) is 0 Å². The largest absolute Gasteiger partial charge is 0.468 e. The van der Waals surface area contributed by atoms with Gasteiger partial charge in [-0.25, -0.2) is 0 Å². The first-order valence-electron chi connectivity index (χ1n) is 5.39. The van der Waals surface area contributed by atoms with Gasteiger partial charge in [-0.2, -0.15) is 0 Å². The molecule has 0 fully saturated rings. The Morgan fingerprint density at radius 3 is 2.38 bits per heavy atom. The van der Waals surface area contributed by atoms with Crippen LogP contribution in [-0.2, 0) is 19.6 Å². The number of hydrogen-bond donors (Lipinski definition) is 2. The Hall–Kier alpha value is -1.58. The van der Waals surface area contributed by atoms with Crippen molar-refractivity contribution < 1.29 is 4.42 Å². The Bertz CT molecular complexity index is 406. The highest BCUT2D eigenvalue weighted by Gasteiger charge is 1.96. The SMILES string of the molecule is NCc1ccc(CNCc2ccco2)cc1. The molecule has 0 spiro atoms. The maximum Gasteiger partial charge on any atom is 0.117 e. The fourth-order valence-corrected chi connectivity index (χ4v) is 1.54. The van der Waals surface area contributed by atoms with Crippen LogP contribution in [0.5, 0.6) is 0 Å². The zero-order valence-corrected chi connectivity index (χ0v) is 9.15. The lowest BCUT2D eigenvalue weighted by molar-refractivity contribution is 0.483. The first-order valence-corrected chi connectivity index (χ1v) is 5.39. The van der Waals surface area contributed by atoms with Gasteiger partial charge in [-0.1, -0.05) is 24.3 Å². The molecule has 0 aliphatic carbocycles. The number of rotatable bonds is 5. The summed E-state index contributed by atoms with van der Waals surface area (Å²) in [5.74, 6) is 0.957. The molecule has 0 unspecified atom stereocenters. The summed E-state index contributed by atoms with van der Waals surface area (Å²) in [6.07, 6.45) is 1.69. The molecule has 16 heavy (non-hydrogen) atoms. The molecule has 1 aromatic carbocycles. The highest BCUT2D eigenvalue weighted by molar-refractivity contribution is 5.22. The van der Waals surface area contributed by atoms with Crippen molar-refractivity contribution in [2.75, 3.05) is 0 Å². The second-order valence-electron chi connectivity index (χ2n) is 3.70. The molecule has 84 valence electrons. The predicted octanol–water partition coefficient (Wildman–Crippen LogP) is 2.03. The molecule has 0 radical (unpaired) electrons. The normalized spacial score (nSPS) is 10.6. The van der Waals surface area contributed by atoms with Crippen LogP contribution in [0.1, 0.15) is 16.9 Å². The minimum absolute atomic E-state index is 0.597. The summed E-state index contributed by atoms with van der Waals surface area (Å²) < 4.78 is 5.23. The van der Waals surface area contributed by atoms with Gasteiger partial charge in [-0.3, -0.25) is 0 Å². The molecule has 3 N–H and O–H groups in total. The van der Waals surface area contributed by atoms with Crippen molar-refractivity contribution in [3.63, 3.8) is 0 Å². The van der Waals surface area contributed by atoms with Crippen LogP contribution in [0.4, 0.5) is 0 Å². The molecule has 0 atom stereocenters. The van der Waals surface area contributed by atoms with Crippen LogP contribution in [0, 0.1) is 0 Å². The topological polar surface area (TPSA) is 51.2 Å². The maximum absolute atomic E-state index is 5.54. The smallest absolute Gasteiger partial charge is 0.117 e. The van der Waals surface area contributed by atoms with Gasteiger partial charge in [0.05, 0.1) is 12.8 Å². The number of benzene rings is 1. The van der Waals surface area contributed by atoms with E-state index in [9.17, 15) is 0 Å². The fourth-order valence-electron chi connectivity index (χ4n) is 1.54. The van der Waals surface area contributed by atoms with Crippen LogP contribution in [0.3, 0.4) is 0 Å². The van der Waals surface area contributed by atoms with Crippen molar-refractivity contribution in [2.24, 2.45) is 5.73 Å². The van der Waals surface area contributed by atoms with Crippen molar-refractivity contribution in [2.45, 2.75) is 19.6 Å². The molecule has 0 amide bonds. The average molecular weight is 216 g/mol. The number of hydrogen-bond acceptors (Lipinski definition) is 3. The molecule has 3 nitrogen and oxygen atoms in total. The summed E-state index contributed by atoms with van der Waals surface area (Å²) in [7, 11) is 0. The molecule has 2 aromatic rings. The Morgan fingerprint density at radius 1 is 1.00 bits per heavy atom. The van der Waals surface area contributed by atoms with Crippen molar-refractivity contribution >= 4 is 0 Å². The maximum atomic E-state index is 5.54. The molecule has 3 heteroatoms. The van der Waals surface area contributed by atoms with E-state index in [2.05, 4.69) is 29.6 Å². The Balaban J connectivity index is 1.81. The molecule has 2 rings (SSSR count). The minimum Gasteiger partial charge on any atom is -0.468 e. The van der Waals surface area contributed by atoms with Crippen LogP contribution in [-0.4, -0.2) is 0 Å². The zero-order valence-electron chi connectivity index (χ0n) is 9.15. The highest BCUT2D eigenvalue weighted by Crippen LogP contribution is 2.04. The summed E-state index contributed by atoms with van der Waals surface area (Å²) >= 11 is 0. The molecule has 0 aliphatic heterocycles. The first kappa shape index (κ1) is 10.9. The van der Waals surface area contributed by atoms with Crippen LogP contribution < -0.4 is 11.1 Å². The van der Waals surface area contributed by atoms with E-state index in [-0.39, 0.29) is 0 Å². The Kier molecular flexibility index (Phi) is 3.75. The van der Waals surface area contributed by atoms with Gasteiger partial charge in [0, 0.05) is 13.1 Å². The monoisotopic (exact) mass is 216 g/mol. The summed E-state index contributed by atoms with van der Waals surface area (Å²) in [4.78, 5) is 0. The fraction of sp³-hybridized carbons (Fsp3) is 0.231. The van der Waals surface area contributed by atoms with Crippen molar-refractivity contribution in [1.82, 2.24) is 5.32 Å². The van der Waals surface area contributed by atoms with Crippen LogP contribution in [0.2, 0.25) is 0 Å². The van der Waals surface area contributed by atoms with Gasteiger partial charge in [0.15, 0.2) is 0 Å². The van der Waals surface area contributed by atoms with E-state index in [1.54, 1.807) is 6.26 Å². The van der Waals surface area contributed by atoms with Gasteiger partial charge < -0.3 is 15.5 Å². The number of nitrogens with two attached hydrogens (primary N) is 1. The minimum atomic E-state index is 0.597. The first-order chi connectivity index (χ1) is 7.88. The molecule has 0 bridgehead atoms. The van der Waals surface area contributed by atoms with Crippen molar-refractivity contribution in [3.05, 3.63) is 59.5 Å². The molecule has 0 aliphatic rings. The quantitative estimate of drug-likeness (QED) is 0.804. The standard InChI is InChI=1S/C13H16N2O/c14-8-11-3-5-12(6-4-11)9-15-10-13-2-1-7-16-13/h1-7,15H,8-10,14H2. The lowest BCUT2D eigenvalue weighted by atomic mass is 10.1. The molecular weight excluding hydrogens is 200 g/mol. The summed E-state index contributed by atoms with van der Waals surface area (Å²) in [5.41, 5.74) is 7.95. The zero-order chi connectivity index (χ0) is 11.2. The van der Waals surface area contributed by atoms with Gasteiger partial charge in [0.2, 0.25) is 0 Å². The second-order valence-corrected chi connectivity index (χ2v) is 3.70. The van der Waals surface area contributed by atoms with E-state index in [1.807, 2.05) is 12.1 Å². The van der Waals surface area contributed by atoms with Crippen LogP contribution >= 0.6 is 0 Å². The molecule has 0 saturated carbocycles. The van der Waals surface area contributed by atoms with E-state index in [0.717, 1.165) is 24.4 Å². The molecular formula is C13H16N2O. The predicted molar refractivity (Wildman–Crippen MR) is 63.6 cm³/mol. The number of furan rings is 1. The van der Waals surface area contributed by atoms with Crippen molar-refractivity contribution in [3.8, 4) is 0 Å². The van der Waals surface area contributed by atoms with E-state index in [1.165, 1.54) is 5.56 Å². The molecule has 0 saturated heterocycles. The van der Waals surface area contributed by atoms with Crippen LogP contribution in [0.25, 0.3) is 0 Å². The van der Waals surface area contributed by atoms with E-state index < -0.39 is 0 Å². The third-order valence-corrected chi connectivity index (χ3v) is 2.47. The molecule has 1 heterocycles. The van der Waals surface area contributed by atoms with E-state index in [0.29, 0.717) is 6.54 Å². The van der Waals surface area contributed by atoms with Gasteiger partial charge >= 0.3 is 0 Å². The van der Waals surface area contributed by atoms with E-state index >= 15 is 0 Å². The lowest BCUT2D eigenvalue weighted by Crippen LogP contribution is -2.12. The van der Waals surface area contributed by atoms with Crippen molar-refractivity contribution in [1.29, 1.82) is 0 Å². The summed E-state index contributed by atoms with van der Waals surface area (Å²) in [6.45, 7) is 2.19. The highest BCUT2D eigenvalue weighted by atomic mass is 16.3.